The highest BCUT2D eigenvalue weighted by atomic mass is 79.9. The fraction of sp³-hybridized carbons (Fsp3) is 0.625. The fourth-order valence-corrected chi connectivity index (χ4v) is 2.03. The van der Waals surface area contributed by atoms with E-state index in [1.807, 2.05) is 7.05 Å². The number of nitrogens with two attached hydrogens (primary N) is 1. The van der Waals surface area contributed by atoms with E-state index in [0.29, 0.717) is 6.54 Å². The summed E-state index contributed by atoms with van der Waals surface area (Å²) in [5.74, 6) is 1.06. The van der Waals surface area contributed by atoms with Crippen LogP contribution in [-0.2, 0) is 19.9 Å². The molecule has 0 aromatic carbocycles. The lowest BCUT2D eigenvalue weighted by Crippen LogP contribution is -2.08. The second kappa shape index (κ2) is 4.05. The summed E-state index contributed by atoms with van der Waals surface area (Å²) in [4.78, 5) is 4.37. The number of halogens is 1. The SMILES string of the molecule is CCc1c(Br)nc(CCN)n1C. The van der Waals surface area contributed by atoms with Crippen molar-refractivity contribution in [1.82, 2.24) is 9.55 Å². The Bertz CT molecular complexity index is 268. The molecule has 0 aliphatic carbocycles. The molecule has 1 aromatic heterocycles. The number of rotatable bonds is 3. The zero-order valence-corrected chi connectivity index (χ0v) is 9.06. The Morgan fingerprint density at radius 3 is 2.67 bits per heavy atom. The molecule has 1 rings (SSSR count). The zero-order chi connectivity index (χ0) is 9.14. The molecule has 2 N–H and O–H groups in total. The molecule has 0 saturated carbocycles. The van der Waals surface area contributed by atoms with Gasteiger partial charge < -0.3 is 10.3 Å². The summed E-state index contributed by atoms with van der Waals surface area (Å²) in [6.07, 6.45) is 1.84. The van der Waals surface area contributed by atoms with Crippen molar-refractivity contribution >= 4 is 15.9 Å². The minimum absolute atomic E-state index is 0.653. The van der Waals surface area contributed by atoms with E-state index in [1.165, 1.54) is 5.69 Å². The Morgan fingerprint density at radius 1 is 1.58 bits per heavy atom. The van der Waals surface area contributed by atoms with Gasteiger partial charge in [0.05, 0.1) is 5.69 Å². The number of hydrogen-bond acceptors (Lipinski definition) is 2. The summed E-state index contributed by atoms with van der Waals surface area (Å²) in [7, 11) is 2.03. The maximum Gasteiger partial charge on any atom is 0.127 e. The van der Waals surface area contributed by atoms with Gasteiger partial charge in [0.2, 0.25) is 0 Å². The fourth-order valence-electron chi connectivity index (χ4n) is 1.28. The van der Waals surface area contributed by atoms with Crippen LogP contribution in [0.3, 0.4) is 0 Å². The Labute approximate surface area is 81.1 Å². The molecule has 0 aliphatic rings. The maximum absolute atomic E-state index is 5.46. The number of aromatic nitrogens is 2. The van der Waals surface area contributed by atoms with Gasteiger partial charge in [-0.25, -0.2) is 4.98 Å². The van der Waals surface area contributed by atoms with Crippen LogP contribution in [0.25, 0.3) is 0 Å². The molecule has 0 bridgehead atoms. The predicted octanol–water partition coefficient (Wildman–Crippen LogP) is 1.25. The lowest BCUT2D eigenvalue weighted by molar-refractivity contribution is 0.745. The molecule has 0 radical (unpaired) electrons. The van der Waals surface area contributed by atoms with E-state index in [9.17, 15) is 0 Å². The van der Waals surface area contributed by atoms with Crippen LogP contribution in [0.5, 0.6) is 0 Å². The average molecular weight is 232 g/mol. The largest absolute Gasteiger partial charge is 0.334 e. The van der Waals surface area contributed by atoms with Crippen LogP contribution < -0.4 is 5.73 Å². The van der Waals surface area contributed by atoms with Crippen LogP contribution in [0.4, 0.5) is 0 Å². The van der Waals surface area contributed by atoms with Crippen LogP contribution in [0.15, 0.2) is 4.60 Å². The van der Waals surface area contributed by atoms with Crippen LogP contribution in [0, 0.1) is 0 Å². The molecule has 0 spiro atoms. The van der Waals surface area contributed by atoms with Gasteiger partial charge in [-0.05, 0) is 28.9 Å². The monoisotopic (exact) mass is 231 g/mol. The molecule has 0 atom stereocenters. The van der Waals surface area contributed by atoms with Crippen molar-refractivity contribution in [3.63, 3.8) is 0 Å². The smallest absolute Gasteiger partial charge is 0.127 e. The molecular weight excluding hydrogens is 218 g/mol. The van der Waals surface area contributed by atoms with E-state index in [0.717, 1.165) is 23.3 Å². The number of nitrogens with zero attached hydrogens (tertiary/aromatic N) is 2. The van der Waals surface area contributed by atoms with Crippen LogP contribution in [0.1, 0.15) is 18.4 Å². The van der Waals surface area contributed by atoms with E-state index in [4.69, 9.17) is 5.73 Å². The molecule has 0 aliphatic heterocycles. The Balaban J connectivity index is 3.00. The second-order valence-electron chi connectivity index (χ2n) is 2.72. The van der Waals surface area contributed by atoms with Crippen molar-refractivity contribution in [2.45, 2.75) is 19.8 Å². The lowest BCUT2D eigenvalue weighted by Gasteiger charge is -2.01. The number of imidazole rings is 1. The van der Waals surface area contributed by atoms with Crippen LogP contribution in [0.2, 0.25) is 0 Å². The Hall–Kier alpha value is -0.350. The molecule has 0 fully saturated rings. The summed E-state index contributed by atoms with van der Waals surface area (Å²) in [5, 5.41) is 0. The van der Waals surface area contributed by atoms with Crippen LogP contribution >= 0.6 is 15.9 Å². The van der Waals surface area contributed by atoms with Crippen molar-refractivity contribution in [1.29, 1.82) is 0 Å². The maximum atomic E-state index is 5.46. The minimum atomic E-state index is 0.653. The molecule has 0 unspecified atom stereocenters. The molecule has 0 saturated heterocycles. The molecule has 3 nitrogen and oxygen atoms in total. The van der Waals surface area contributed by atoms with E-state index >= 15 is 0 Å². The normalized spacial score (nSPS) is 10.7. The molecular formula is C8H14BrN3. The van der Waals surface area contributed by atoms with E-state index in [1.54, 1.807) is 0 Å². The first-order chi connectivity index (χ1) is 5.70. The van der Waals surface area contributed by atoms with Gasteiger partial charge in [-0.1, -0.05) is 6.92 Å². The van der Waals surface area contributed by atoms with Gasteiger partial charge in [-0.15, -0.1) is 0 Å². The molecule has 0 amide bonds. The summed E-state index contributed by atoms with van der Waals surface area (Å²) in [6, 6.07) is 0. The summed E-state index contributed by atoms with van der Waals surface area (Å²) < 4.78 is 3.06. The van der Waals surface area contributed by atoms with E-state index < -0.39 is 0 Å². The first-order valence-corrected chi connectivity index (χ1v) is 4.90. The van der Waals surface area contributed by atoms with Crippen molar-refractivity contribution in [3.8, 4) is 0 Å². The van der Waals surface area contributed by atoms with Crippen molar-refractivity contribution in [2.75, 3.05) is 6.54 Å². The summed E-state index contributed by atoms with van der Waals surface area (Å²) in [6.45, 7) is 2.77. The number of hydrogen-bond donors (Lipinski definition) is 1. The second-order valence-corrected chi connectivity index (χ2v) is 3.47. The molecule has 4 heteroatoms. The third-order valence-electron chi connectivity index (χ3n) is 1.96. The van der Waals surface area contributed by atoms with Crippen molar-refractivity contribution in [3.05, 3.63) is 16.1 Å². The molecule has 68 valence electrons. The first-order valence-electron chi connectivity index (χ1n) is 4.10. The van der Waals surface area contributed by atoms with Crippen molar-refractivity contribution in [2.24, 2.45) is 12.8 Å². The van der Waals surface area contributed by atoms with E-state index in [-0.39, 0.29) is 0 Å². The third-order valence-corrected chi connectivity index (χ3v) is 2.60. The lowest BCUT2D eigenvalue weighted by atomic mass is 10.3. The first kappa shape index (κ1) is 9.74. The van der Waals surface area contributed by atoms with Gasteiger partial charge in [0.15, 0.2) is 0 Å². The van der Waals surface area contributed by atoms with Crippen molar-refractivity contribution < 1.29 is 0 Å². The summed E-state index contributed by atoms with van der Waals surface area (Å²) >= 11 is 3.43. The molecule has 1 heterocycles. The van der Waals surface area contributed by atoms with E-state index in [2.05, 4.69) is 32.4 Å². The van der Waals surface area contributed by atoms with Gasteiger partial charge in [0, 0.05) is 13.5 Å². The summed E-state index contributed by atoms with van der Waals surface area (Å²) in [5.41, 5.74) is 6.70. The highest BCUT2D eigenvalue weighted by Crippen LogP contribution is 2.17. The standard InChI is InChI=1S/C8H14BrN3/c1-3-6-8(9)11-7(4-5-10)12(6)2/h3-5,10H2,1-2H3. The van der Waals surface area contributed by atoms with Gasteiger partial charge in [-0.2, -0.15) is 0 Å². The highest BCUT2D eigenvalue weighted by Gasteiger charge is 2.09. The Morgan fingerprint density at radius 2 is 2.25 bits per heavy atom. The highest BCUT2D eigenvalue weighted by molar-refractivity contribution is 9.10. The topological polar surface area (TPSA) is 43.8 Å². The van der Waals surface area contributed by atoms with Gasteiger partial charge in [0.25, 0.3) is 0 Å². The quantitative estimate of drug-likeness (QED) is 0.852. The molecule has 12 heavy (non-hydrogen) atoms. The van der Waals surface area contributed by atoms with Crippen LogP contribution in [-0.4, -0.2) is 16.1 Å². The van der Waals surface area contributed by atoms with Gasteiger partial charge in [0.1, 0.15) is 10.4 Å². The predicted molar refractivity (Wildman–Crippen MR) is 53.0 cm³/mol. The third kappa shape index (κ3) is 1.69. The minimum Gasteiger partial charge on any atom is -0.334 e. The Kier molecular flexibility index (Phi) is 3.29. The average Bonchev–Trinajstić information content (AvgIpc) is 2.29. The van der Waals surface area contributed by atoms with Gasteiger partial charge >= 0.3 is 0 Å². The van der Waals surface area contributed by atoms with Gasteiger partial charge in [-0.3, -0.25) is 0 Å². The molecule has 1 aromatic rings. The zero-order valence-electron chi connectivity index (χ0n) is 7.47.